The molecule has 0 aliphatic rings. The molecule has 0 fully saturated rings. The van der Waals surface area contributed by atoms with Crippen LogP contribution in [0.4, 0.5) is 21.9 Å². The summed E-state index contributed by atoms with van der Waals surface area (Å²) < 4.78 is 5.13. The topological polar surface area (TPSA) is 117 Å². The van der Waals surface area contributed by atoms with E-state index in [2.05, 4.69) is 16.0 Å². The van der Waals surface area contributed by atoms with Gasteiger partial charge in [-0.15, -0.1) is 0 Å². The molecule has 0 saturated heterocycles. The fraction of sp³-hybridized carbons (Fsp3) is 0.0357. The summed E-state index contributed by atoms with van der Waals surface area (Å²) in [5.74, 6) is -0.626. The Labute approximate surface area is 208 Å². The number of aromatic hydroxyl groups is 1. The van der Waals surface area contributed by atoms with Gasteiger partial charge in [0.1, 0.15) is 17.1 Å². The van der Waals surface area contributed by atoms with Gasteiger partial charge in [0, 0.05) is 24.0 Å². The lowest BCUT2D eigenvalue weighted by atomic mass is 10.2. The predicted octanol–water partition coefficient (Wildman–Crippen LogP) is 5.90. The number of anilines is 3. The molecule has 0 aliphatic carbocycles. The summed E-state index contributed by atoms with van der Waals surface area (Å²) in [5, 5.41) is 17.6. The van der Waals surface area contributed by atoms with Crippen LogP contribution in [0.15, 0.2) is 109 Å². The Kier molecular flexibility index (Phi) is 9.18. The number of urea groups is 1. The van der Waals surface area contributed by atoms with Crippen LogP contribution in [0.3, 0.4) is 0 Å². The summed E-state index contributed by atoms with van der Waals surface area (Å²) in [6.45, 7) is 1.41. The Hall–Kier alpha value is -5.11. The van der Waals surface area contributed by atoms with Crippen molar-refractivity contribution in [3.05, 3.63) is 115 Å². The standard InChI is InChI=1S/C15H13NO4.C13H12N2O/c1-10(17)16-11-6-8-12(9-7-11)20-15(19)13-4-2-3-5-14(13)18;16-13(14-11-7-3-1-4-8-11)15-12-9-5-2-6-10-12/h2-9,18H,1H3,(H,16,17);1-10H,(H2,14,15,16). The molecule has 0 aromatic heterocycles. The highest BCUT2D eigenvalue weighted by Gasteiger charge is 2.12. The predicted molar refractivity (Wildman–Crippen MR) is 139 cm³/mol. The molecule has 0 atom stereocenters. The summed E-state index contributed by atoms with van der Waals surface area (Å²) in [7, 11) is 0. The number of carbonyl (C=O) groups excluding carboxylic acids is 3. The summed E-state index contributed by atoms with van der Waals surface area (Å²) >= 11 is 0. The lowest BCUT2D eigenvalue weighted by Crippen LogP contribution is -2.19. The van der Waals surface area contributed by atoms with Gasteiger partial charge in [0.2, 0.25) is 5.91 Å². The molecule has 4 aromatic rings. The molecule has 8 nitrogen and oxygen atoms in total. The number of nitrogens with one attached hydrogen (secondary N) is 3. The number of para-hydroxylation sites is 3. The smallest absolute Gasteiger partial charge is 0.347 e. The molecule has 0 saturated carbocycles. The Morgan fingerprint density at radius 1 is 0.611 bits per heavy atom. The number of rotatable bonds is 5. The molecule has 0 bridgehead atoms. The maximum Gasteiger partial charge on any atom is 0.347 e. The van der Waals surface area contributed by atoms with Gasteiger partial charge in [-0.3, -0.25) is 4.79 Å². The lowest BCUT2D eigenvalue weighted by molar-refractivity contribution is -0.114. The van der Waals surface area contributed by atoms with Gasteiger partial charge >= 0.3 is 12.0 Å². The molecule has 4 N–H and O–H groups in total. The third-order valence-electron chi connectivity index (χ3n) is 4.57. The quantitative estimate of drug-likeness (QED) is 0.208. The van der Waals surface area contributed by atoms with E-state index in [0.717, 1.165) is 11.4 Å². The average molecular weight is 484 g/mol. The summed E-state index contributed by atoms with van der Waals surface area (Å²) in [6.07, 6.45) is 0. The fourth-order valence-corrected chi connectivity index (χ4v) is 2.95. The maximum absolute atomic E-state index is 11.8. The molecule has 182 valence electrons. The molecule has 4 aromatic carbocycles. The number of hydrogen-bond donors (Lipinski definition) is 4. The van der Waals surface area contributed by atoms with Gasteiger partial charge in [-0.1, -0.05) is 48.5 Å². The Bertz CT molecular complexity index is 1250. The number of ether oxygens (including phenoxy) is 1. The van der Waals surface area contributed by atoms with Gasteiger partial charge in [-0.2, -0.15) is 0 Å². The van der Waals surface area contributed by atoms with Crippen molar-refractivity contribution < 1.29 is 24.2 Å². The van der Waals surface area contributed by atoms with Crippen LogP contribution in [0.1, 0.15) is 17.3 Å². The van der Waals surface area contributed by atoms with Crippen LogP contribution in [0.5, 0.6) is 11.5 Å². The minimum absolute atomic E-state index is 0.0958. The van der Waals surface area contributed by atoms with Crippen molar-refractivity contribution in [1.82, 2.24) is 0 Å². The first-order chi connectivity index (χ1) is 17.4. The molecule has 0 aliphatic heterocycles. The van der Waals surface area contributed by atoms with E-state index in [1.54, 1.807) is 36.4 Å². The molecule has 0 spiro atoms. The summed E-state index contributed by atoms with van der Waals surface area (Å²) in [4.78, 5) is 34.3. The third kappa shape index (κ3) is 8.35. The van der Waals surface area contributed by atoms with Gasteiger partial charge in [0.15, 0.2) is 0 Å². The van der Waals surface area contributed by atoms with Crippen molar-refractivity contribution in [3.63, 3.8) is 0 Å². The fourth-order valence-electron chi connectivity index (χ4n) is 2.95. The van der Waals surface area contributed by atoms with E-state index in [-0.39, 0.29) is 23.3 Å². The van der Waals surface area contributed by atoms with Gasteiger partial charge in [0.25, 0.3) is 0 Å². The maximum atomic E-state index is 11.8. The zero-order chi connectivity index (χ0) is 25.8. The van der Waals surface area contributed by atoms with E-state index in [1.165, 1.54) is 19.1 Å². The van der Waals surface area contributed by atoms with Gasteiger partial charge < -0.3 is 25.8 Å². The van der Waals surface area contributed by atoms with Crippen LogP contribution in [-0.4, -0.2) is 23.0 Å². The largest absolute Gasteiger partial charge is 0.507 e. The monoisotopic (exact) mass is 483 g/mol. The number of amides is 3. The summed E-state index contributed by atoms with van der Waals surface area (Å²) in [5.41, 5.74) is 2.25. The molecule has 0 radical (unpaired) electrons. The van der Waals surface area contributed by atoms with Crippen LogP contribution in [-0.2, 0) is 4.79 Å². The zero-order valence-corrected chi connectivity index (χ0v) is 19.5. The zero-order valence-electron chi connectivity index (χ0n) is 19.5. The number of benzene rings is 4. The van der Waals surface area contributed by atoms with Crippen LogP contribution in [0, 0.1) is 0 Å². The molecule has 36 heavy (non-hydrogen) atoms. The Morgan fingerprint density at radius 3 is 1.58 bits per heavy atom. The minimum atomic E-state index is -0.643. The Balaban J connectivity index is 0.000000205. The number of esters is 1. The molecular formula is C28H25N3O5. The van der Waals surface area contributed by atoms with Crippen LogP contribution in [0.2, 0.25) is 0 Å². The molecule has 0 unspecified atom stereocenters. The second kappa shape index (κ2) is 13.0. The normalized spacial score (nSPS) is 9.69. The number of hydrogen-bond acceptors (Lipinski definition) is 5. The molecule has 4 rings (SSSR count). The van der Waals surface area contributed by atoms with Crippen LogP contribution < -0.4 is 20.7 Å². The van der Waals surface area contributed by atoms with Gasteiger partial charge in [-0.25, -0.2) is 9.59 Å². The molecule has 3 amide bonds. The molecule has 8 heteroatoms. The highest BCUT2D eigenvalue weighted by Crippen LogP contribution is 2.20. The highest BCUT2D eigenvalue weighted by atomic mass is 16.5. The van der Waals surface area contributed by atoms with Crippen molar-refractivity contribution >= 4 is 35.0 Å². The van der Waals surface area contributed by atoms with Crippen LogP contribution >= 0.6 is 0 Å². The van der Waals surface area contributed by atoms with E-state index in [1.807, 2.05) is 60.7 Å². The van der Waals surface area contributed by atoms with Crippen molar-refractivity contribution in [2.24, 2.45) is 0 Å². The van der Waals surface area contributed by atoms with Gasteiger partial charge in [0.05, 0.1) is 0 Å². The van der Waals surface area contributed by atoms with Crippen molar-refractivity contribution in [1.29, 1.82) is 0 Å². The van der Waals surface area contributed by atoms with E-state index >= 15 is 0 Å². The lowest BCUT2D eigenvalue weighted by Gasteiger charge is -2.07. The minimum Gasteiger partial charge on any atom is -0.507 e. The van der Waals surface area contributed by atoms with Gasteiger partial charge in [-0.05, 0) is 60.7 Å². The third-order valence-corrected chi connectivity index (χ3v) is 4.57. The number of carbonyl (C=O) groups is 3. The second-order valence-electron chi connectivity index (χ2n) is 7.42. The molecule has 0 heterocycles. The first-order valence-electron chi connectivity index (χ1n) is 11.0. The SMILES string of the molecule is CC(=O)Nc1ccc(OC(=O)c2ccccc2O)cc1.O=C(Nc1ccccc1)Nc1ccccc1. The second-order valence-corrected chi connectivity index (χ2v) is 7.42. The van der Waals surface area contributed by atoms with E-state index < -0.39 is 5.97 Å². The first-order valence-corrected chi connectivity index (χ1v) is 11.0. The van der Waals surface area contributed by atoms with Crippen molar-refractivity contribution in [2.75, 3.05) is 16.0 Å². The molecular weight excluding hydrogens is 458 g/mol. The number of phenolic OH excluding ortho intramolecular Hbond substituents is 1. The average Bonchev–Trinajstić information content (AvgIpc) is 2.87. The van der Waals surface area contributed by atoms with Crippen molar-refractivity contribution in [3.8, 4) is 11.5 Å². The first kappa shape index (κ1) is 25.5. The van der Waals surface area contributed by atoms with E-state index in [9.17, 15) is 19.5 Å². The van der Waals surface area contributed by atoms with Crippen LogP contribution in [0.25, 0.3) is 0 Å². The Morgan fingerprint density at radius 2 is 1.08 bits per heavy atom. The van der Waals surface area contributed by atoms with Crippen molar-refractivity contribution in [2.45, 2.75) is 6.92 Å². The van der Waals surface area contributed by atoms with E-state index in [0.29, 0.717) is 11.4 Å². The highest BCUT2D eigenvalue weighted by molar-refractivity contribution is 5.99. The number of phenols is 1. The van der Waals surface area contributed by atoms with E-state index in [4.69, 9.17) is 4.74 Å². The summed E-state index contributed by atoms with van der Waals surface area (Å²) in [6, 6.07) is 30.9.